The Bertz CT molecular complexity index is 413. The maximum Gasteiger partial charge on any atom is 0.274 e. The lowest BCUT2D eigenvalue weighted by atomic mass is 10.3. The molecule has 17 heavy (non-hydrogen) atoms. The van der Waals surface area contributed by atoms with E-state index >= 15 is 0 Å². The topological polar surface area (TPSA) is 102 Å². The third-order valence-electron chi connectivity index (χ3n) is 2.05. The van der Waals surface area contributed by atoms with E-state index in [2.05, 4.69) is 15.7 Å². The van der Waals surface area contributed by atoms with Gasteiger partial charge in [-0.25, -0.2) is 0 Å². The van der Waals surface area contributed by atoms with Crippen molar-refractivity contribution in [1.82, 2.24) is 20.4 Å². The zero-order valence-corrected chi connectivity index (χ0v) is 9.99. The highest BCUT2D eigenvalue weighted by Gasteiger charge is 2.14. The molecule has 0 radical (unpaired) electrons. The van der Waals surface area contributed by atoms with Crippen molar-refractivity contribution in [2.24, 2.45) is 7.05 Å². The zero-order valence-electron chi connectivity index (χ0n) is 9.99. The van der Waals surface area contributed by atoms with Gasteiger partial charge in [0.15, 0.2) is 5.69 Å². The van der Waals surface area contributed by atoms with Crippen LogP contribution in [-0.2, 0) is 11.8 Å². The van der Waals surface area contributed by atoms with Gasteiger partial charge < -0.3 is 16.4 Å². The summed E-state index contributed by atoms with van der Waals surface area (Å²) < 4.78 is 1.45. The molecule has 0 aliphatic rings. The van der Waals surface area contributed by atoms with Crippen LogP contribution in [0.4, 0.5) is 5.69 Å². The van der Waals surface area contributed by atoms with Crippen LogP contribution in [0.2, 0.25) is 0 Å². The van der Waals surface area contributed by atoms with Crippen LogP contribution < -0.4 is 16.4 Å². The molecule has 1 aromatic heterocycles. The number of rotatable bonds is 5. The van der Waals surface area contributed by atoms with Gasteiger partial charge in [0.1, 0.15) is 0 Å². The molecule has 7 heteroatoms. The third-order valence-corrected chi connectivity index (χ3v) is 2.05. The Morgan fingerprint density at radius 1 is 1.47 bits per heavy atom. The Hall–Kier alpha value is -2.05. The fourth-order valence-corrected chi connectivity index (χ4v) is 1.25. The normalized spacial score (nSPS) is 10.0. The number of amides is 2. The second-order valence-electron chi connectivity index (χ2n) is 3.64. The summed E-state index contributed by atoms with van der Waals surface area (Å²) in [5.41, 5.74) is 6.01. The molecule has 1 aromatic rings. The van der Waals surface area contributed by atoms with Crippen molar-refractivity contribution in [2.45, 2.75) is 13.3 Å². The molecular formula is C10H17N5O2. The summed E-state index contributed by atoms with van der Waals surface area (Å²) in [4.78, 5) is 22.9. The van der Waals surface area contributed by atoms with E-state index < -0.39 is 5.91 Å². The van der Waals surface area contributed by atoms with Gasteiger partial charge in [-0.15, -0.1) is 0 Å². The molecule has 4 N–H and O–H groups in total. The maximum absolute atomic E-state index is 11.6. The van der Waals surface area contributed by atoms with Gasteiger partial charge in [-0.05, 0) is 6.42 Å². The van der Waals surface area contributed by atoms with E-state index in [1.165, 1.54) is 10.9 Å². The van der Waals surface area contributed by atoms with E-state index in [9.17, 15) is 9.59 Å². The lowest BCUT2D eigenvalue weighted by Gasteiger charge is -2.04. The Kier molecular flexibility index (Phi) is 4.50. The fraction of sp³-hybridized carbons (Fsp3) is 0.500. The predicted octanol–water partition coefficient (Wildman–Crippen LogP) is -0.742. The van der Waals surface area contributed by atoms with Gasteiger partial charge in [-0.1, -0.05) is 6.92 Å². The molecule has 7 nitrogen and oxygen atoms in total. The van der Waals surface area contributed by atoms with Crippen LogP contribution in [0.3, 0.4) is 0 Å². The summed E-state index contributed by atoms with van der Waals surface area (Å²) in [6, 6.07) is 0. The molecule has 0 spiro atoms. The summed E-state index contributed by atoms with van der Waals surface area (Å²) in [5.74, 6) is -0.676. The molecule has 0 bridgehead atoms. The minimum atomic E-state index is -0.449. The molecule has 0 unspecified atom stereocenters. The van der Waals surface area contributed by atoms with E-state index in [1.54, 1.807) is 7.05 Å². The monoisotopic (exact) mass is 239 g/mol. The van der Waals surface area contributed by atoms with Gasteiger partial charge in [0.2, 0.25) is 5.91 Å². The van der Waals surface area contributed by atoms with Crippen LogP contribution >= 0.6 is 0 Å². The quantitative estimate of drug-likeness (QED) is 0.629. The predicted molar refractivity (Wildman–Crippen MR) is 63.3 cm³/mol. The Morgan fingerprint density at radius 3 is 2.71 bits per heavy atom. The largest absolute Gasteiger partial charge is 0.396 e. The molecule has 0 saturated heterocycles. The first kappa shape index (κ1) is 13.0. The molecular weight excluding hydrogens is 222 g/mol. The fourth-order valence-electron chi connectivity index (χ4n) is 1.25. The summed E-state index contributed by atoms with van der Waals surface area (Å²) in [7, 11) is 1.67. The average Bonchev–Trinajstić information content (AvgIpc) is 2.62. The lowest BCUT2D eigenvalue weighted by Crippen LogP contribution is -2.37. The first-order valence-electron chi connectivity index (χ1n) is 5.38. The van der Waals surface area contributed by atoms with E-state index in [0.717, 1.165) is 6.42 Å². The van der Waals surface area contributed by atoms with Crippen molar-refractivity contribution in [2.75, 3.05) is 18.8 Å². The highest BCUT2D eigenvalue weighted by molar-refractivity contribution is 5.98. The van der Waals surface area contributed by atoms with Crippen molar-refractivity contribution in [1.29, 1.82) is 0 Å². The van der Waals surface area contributed by atoms with Crippen molar-refractivity contribution >= 4 is 17.5 Å². The molecule has 94 valence electrons. The molecule has 0 atom stereocenters. The standard InChI is InChI=1S/C10H17N5O2/c1-3-4-12-8(16)5-13-10(17)9-7(11)6-15(2)14-9/h6H,3-5,11H2,1-2H3,(H,12,16)(H,13,17). The number of nitrogens with zero attached hydrogens (tertiary/aromatic N) is 2. The van der Waals surface area contributed by atoms with Crippen molar-refractivity contribution in [3.8, 4) is 0 Å². The van der Waals surface area contributed by atoms with Crippen molar-refractivity contribution < 1.29 is 9.59 Å². The number of aromatic nitrogens is 2. The summed E-state index contributed by atoms with van der Waals surface area (Å²) in [5, 5.41) is 9.00. The molecule has 0 saturated carbocycles. The molecule has 0 fully saturated rings. The maximum atomic E-state index is 11.6. The number of aryl methyl sites for hydroxylation is 1. The second kappa shape index (κ2) is 5.88. The van der Waals surface area contributed by atoms with E-state index in [1.807, 2.05) is 6.92 Å². The Labute approximate surface area is 99.4 Å². The van der Waals surface area contributed by atoms with Crippen LogP contribution in [0.1, 0.15) is 23.8 Å². The second-order valence-corrected chi connectivity index (χ2v) is 3.64. The molecule has 1 heterocycles. The first-order valence-corrected chi connectivity index (χ1v) is 5.38. The van der Waals surface area contributed by atoms with Crippen LogP contribution in [0.15, 0.2) is 6.20 Å². The number of anilines is 1. The van der Waals surface area contributed by atoms with Crippen molar-refractivity contribution in [3.63, 3.8) is 0 Å². The van der Waals surface area contributed by atoms with Crippen LogP contribution in [0, 0.1) is 0 Å². The number of nitrogen functional groups attached to an aromatic ring is 1. The third kappa shape index (κ3) is 3.78. The molecule has 0 aromatic carbocycles. The average molecular weight is 239 g/mol. The highest BCUT2D eigenvalue weighted by atomic mass is 16.2. The summed E-state index contributed by atoms with van der Waals surface area (Å²) in [6.45, 7) is 2.47. The zero-order chi connectivity index (χ0) is 12.8. The van der Waals surface area contributed by atoms with Gasteiger partial charge in [0.05, 0.1) is 12.2 Å². The van der Waals surface area contributed by atoms with Crippen LogP contribution in [-0.4, -0.2) is 34.7 Å². The summed E-state index contributed by atoms with van der Waals surface area (Å²) >= 11 is 0. The molecule has 2 amide bonds. The number of nitrogens with one attached hydrogen (secondary N) is 2. The van der Waals surface area contributed by atoms with Crippen LogP contribution in [0.5, 0.6) is 0 Å². The van der Waals surface area contributed by atoms with E-state index in [-0.39, 0.29) is 18.1 Å². The van der Waals surface area contributed by atoms with Gasteiger partial charge in [0.25, 0.3) is 5.91 Å². The van der Waals surface area contributed by atoms with Gasteiger partial charge in [0, 0.05) is 19.8 Å². The van der Waals surface area contributed by atoms with Gasteiger partial charge >= 0.3 is 0 Å². The van der Waals surface area contributed by atoms with Gasteiger partial charge in [-0.2, -0.15) is 5.10 Å². The number of hydrogen-bond donors (Lipinski definition) is 3. The number of hydrogen-bond acceptors (Lipinski definition) is 4. The molecule has 0 aliphatic heterocycles. The van der Waals surface area contributed by atoms with Crippen LogP contribution in [0.25, 0.3) is 0 Å². The Morgan fingerprint density at radius 2 is 2.18 bits per heavy atom. The smallest absolute Gasteiger partial charge is 0.274 e. The van der Waals surface area contributed by atoms with Crippen molar-refractivity contribution in [3.05, 3.63) is 11.9 Å². The minimum Gasteiger partial charge on any atom is -0.396 e. The molecule has 1 rings (SSSR count). The lowest BCUT2D eigenvalue weighted by molar-refractivity contribution is -0.120. The number of nitrogens with two attached hydrogens (primary N) is 1. The summed E-state index contributed by atoms with van der Waals surface area (Å²) in [6.07, 6.45) is 2.39. The highest BCUT2D eigenvalue weighted by Crippen LogP contribution is 2.06. The van der Waals surface area contributed by atoms with E-state index in [4.69, 9.17) is 5.73 Å². The first-order chi connectivity index (χ1) is 8.04. The minimum absolute atomic E-state index is 0.0746. The van der Waals surface area contributed by atoms with E-state index in [0.29, 0.717) is 12.2 Å². The van der Waals surface area contributed by atoms with Gasteiger partial charge in [-0.3, -0.25) is 14.3 Å². The SMILES string of the molecule is CCCNC(=O)CNC(=O)c1nn(C)cc1N. The Balaban J connectivity index is 2.45. The number of carbonyl (C=O) groups is 2. The number of carbonyl (C=O) groups excluding carboxylic acids is 2. The molecule has 0 aliphatic carbocycles.